The highest BCUT2D eigenvalue weighted by Gasteiger charge is 2.32. The Bertz CT molecular complexity index is 691. The van der Waals surface area contributed by atoms with Gasteiger partial charge in [0.05, 0.1) is 13.2 Å². The lowest BCUT2D eigenvalue weighted by Crippen LogP contribution is -2.24. The molecule has 6 nitrogen and oxygen atoms in total. The maximum absolute atomic E-state index is 14.3. The molecule has 1 aliphatic rings. The zero-order valence-electron chi connectivity index (χ0n) is 15.1. The molecule has 1 N–H and O–H groups in total. The minimum atomic E-state index is -3.01. The highest BCUT2D eigenvalue weighted by Crippen LogP contribution is 2.35. The molecule has 0 amide bonds. The monoisotopic (exact) mass is 381 g/mol. The van der Waals surface area contributed by atoms with E-state index in [1.807, 2.05) is 0 Å². The fraction of sp³-hybridized carbons (Fsp3) is 0.579. The molecule has 2 heterocycles. The first-order valence-electron chi connectivity index (χ1n) is 9.28. The molecule has 1 aliphatic heterocycles. The predicted octanol–water partition coefficient (Wildman–Crippen LogP) is 3.43. The Balaban J connectivity index is 1.50. The first-order chi connectivity index (χ1) is 13.1. The van der Waals surface area contributed by atoms with Crippen LogP contribution in [0.2, 0.25) is 0 Å². The number of halogens is 2. The minimum Gasteiger partial charge on any atom is -0.385 e. The van der Waals surface area contributed by atoms with Gasteiger partial charge in [0.25, 0.3) is 5.92 Å². The molecule has 1 aromatic heterocycles. The van der Waals surface area contributed by atoms with Crippen LogP contribution in [0.5, 0.6) is 0 Å². The van der Waals surface area contributed by atoms with Crippen molar-refractivity contribution in [2.75, 3.05) is 13.2 Å². The van der Waals surface area contributed by atoms with Crippen LogP contribution in [-0.2, 0) is 21.9 Å². The zero-order valence-corrected chi connectivity index (χ0v) is 15.1. The van der Waals surface area contributed by atoms with Crippen LogP contribution in [0, 0.1) is 0 Å². The number of aliphatic hydroxyl groups is 1. The lowest BCUT2D eigenvalue weighted by molar-refractivity contribution is -0.164. The molecule has 2 unspecified atom stereocenters. The molecule has 0 saturated carbocycles. The number of hydrogen-bond acceptors (Lipinski definition) is 5. The summed E-state index contributed by atoms with van der Waals surface area (Å²) in [6.45, 7) is 1.43. The summed E-state index contributed by atoms with van der Waals surface area (Å²) in [4.78, 5) is 4.03. The molecule has 1 fully saturated rings. The van der Waals surface area contributed by atoms with Crippen LogP contribution < -0.4 is 0 Å². The first kappa shape index (κ1) is 19.9. The average Bonchev–Trinajstić information content (AvgIpc) is 3.16. The normalized spacial score (nSPS) is 19.1. The van der Waals surface area contributed by atoms with E-state index < -0.39 is 18.4 Å². The van der Waals surface area contributed by atoms with E-state index in [0.717, 1.165) is 19.3 Å². The molecule has 0 aliphatic carbocycles. The van der Waals surface area contributed by atoms with Gasteiger partial charge >= 0.3 is 0 Å². The maximum atomic E-state index is 14.3. The van der Waals surface area contributed by atoms with Crippen LogP contribution in [-0.4, -0.2) is 39.4 Å². The van der Waals surface area contributed by atoms with E-state index in [1.165, 1.54) is 23.1 Å². The minimum absolute atomic E-state index is 0.0560. The quantitative estimate of drug-likeness (QED) is 0.721. The summed E-state index contributed by atoms with van der Waals surface area (Å²) < 4.78 is 41.2. The van der Waals surface area contributed by atoms with Gasteiger partial charge in [-0.1, -0.05) is 30.3 Å². The number of aromatic nitrogens is 3. The number of rotatable bonds is 9. The molecule has 148 valence electrons. The van der Waals surface area contributed by atoms with Crippen molar-refractivity contribution in [3.05, 3.63) is 48.0 Å². The summed E-state index contributed by atoms with van der Waals surface area (Å²) in [5.74, 6) is -2.74. The van der Waals surface area contributed by atoms with Crippen molar-refractivity contribution in [3.8, 4) is 0 Å². The van der Waals surface area contributed by atoms with Crippen molar-refractivity contribution in [1.29, 1.82) is 0 Å². The second-order valence-corrected chi connectivity index (χ2v) is 6.63. The molecule has 0 bridgehead atoms. The number of alkyl halides is 2. The van der Waals surface area contributed by atoms with Gasteiger partial charge in [0, 0.05) is 18.6 Å². The summed E-state index contributed by atoms with van der Waals surface area (Å²) in [5, 5.41) is 14.4. The summed E-state index contributed by atoms with van der Waals surface area (Å²) >= 11 is 0. The highest BCUT2D eigenvalue weighted by atomic mass is 19.3. The van der Waals surface area contributed by atoms with E-state index in [1.54, 1.807) is 18.2 Å². The SMILES string of the molecule is OC(CCC(F)(F)c1ccccc1)c1ncnn1CCOC1CCCCO1. The molecule has 8 heteroatoms. The molecular weight excluding hydrogens is 356 g/mol. The van der Waals surface area contributed by atoms with E-state index in [4.69, 9.17) is 9.47 Å². The number of ether oxygens (including phenoxy) is 2. The molecule has 1 saturated heterocycles. The summed E-state index contributed by atoms with van der Waals surface area (Å²) in [6.07, 6.45) is 2.38. The topological polar surface area (TPSA) is 69.4 Å². The number of nitrogens with zero attached hydrogens (tertiary/aromatic N) is 3. The van der Waals surface area contributed by atoms with Gasteiger partial charge in [0.1, 0.15) is 12.4 Å². The largest absolute Gasteiger partial charge is 0.385 e. The van der Waals surface area contributed by atoms with Crippen molar-refractivity contribution >= 4 is 0 Å². The molecule has 1 aromatic carbocycles. The van der Waals surface area contributed by atoms with Crippen LogP contribution in [0.3, 0.4) is 0 Å². The van der Waals surface area contributed by atoms with Gasteiger partial charge in [-0.2, -0.15) is 5.10 Å². The van der Waals surface area contributed by atoms with E-state index in [2.05, 4.69) is 10.1 Å². The van der Waals surface area contributed by atoms with E-state index in [0.29, 0.717) is 19.8 Å². The van der Waals surface area contributed by atoms with Gasteiger partial charge in [0.2, 0.25) is 0 Å². The Morgan fingerprint density at radius 1 is 1.30 bits per heavy atom. The molecule has 27 heavy (non-hydrogen) atoms. The Morgan fingerprint density at radius 3 is 2.85 bits per heavy atom. The van der Waals surface area contributed by atoms with Crippen LogP contribution in [0.25, 0.3) is 0 Å². The van der Waals surface area contributed by atoms with Gasteiger partial charge in [-0.05, 0) is 25.7 Å². The van der Waals surface area contributed by atoms with Crippen molar-refractivity contribution in [1.82, 2.24) is 14.8 Å². The van der Waals surface area contributed by atoms with Crippen LogP contribution in [0.15, 0.2) is 36.7 Å². The first-order valence-corrected chi connectivity index (χ1v) is 9.28. The summed E-state index contributed by atoms with van der Waals surface area (Å²) in [7, 11) is 0. The second kappa shape index (κ2) is 9.34. The third-order valence-corrected chi connectivity index (χ3v) is 4.62. The Hall–Kier alpha value is -1.90. The Morgan fingerprint density at radius 2 is 2.11 bits per heavy atom. The molecule has 2 atom stereocenters. The fourth-order valence-electron chi connectivity index (χ4n) is 3.09. The third-order valence-electron chi connectivity index (χ3n) is 4.62. The lowest BCUT2D eigenvalue weighted by Gasteiger charge is -2.23. The lowest BCUT2D eigenvalue weighted by atomic mass is 10.0. The van der Waals surface area contributed by atoms with Gasteiger partial charge in [-0.15, -0.1) is 0 Å². The standard InChI is InChI=1S/C19H25F2N3O3/c20-19(21,15-6-2-1-3-7-15)10-9-16(25)18-22-14-23-24(18)11-13-27-17-8-4-5-12-26-17/h1-3,6-7,14,16-17,25H,4-5,8-13H2. The number of hydrogen-bond donors (Lipinski definition) is 1. The second-order valence-electron chi connectivity index (χ2n) is 6.63. The molecule has 3 rings (SSSR count). The van der Waals surface area contributed by atoms with E-state index in [-0.39, 0.29) is 24.1 Å². The molecule has 0 radical (unpaired) electrons. The van der Waals surface area contributed by atoms with Gasteiger partial charge < -0.3 is 14.6 Å². The molecule has 2 aromatic rings. The highest BCUT2D eigenvalue weighted by molar-refractivity contribution is 5.19. The molecular formula is C19H25F2N3O3. The third kappa shape index (κ3) is 5.54. The van der Waals surface area contributed by atoms with Gasteiger partial charge in [-0.25, -0.2) is 18.4 Å². The average molecular weight is 381 g/mol. The summed E-state index contributed by atoms with van der Waals surface area (Å²) in [6, 6.07) is 7.62. The number of benzene rings is 1. The zero-order chi connectivity index (χ0) is 19.1. The Labute approximate surface area is 157 Å². The molecule has 0 spiro atoms. The van der Waals surface area contributed by atoms with Crippen LogP contribution in [0.1, 0.15) is 49.6 Å². The summed E-state index contributed by atoms with van der Waals surface area (Å²) in [5.41, 5.74) is -0.0560. The van der Waals surface area contributed by atoms with Crippen molar-refractivity contribution in [2.24, 2.45) is 0 Å². The Kier molecular flexibility index (Phi) is 6.87. The maximum Gasteiger partial charge on any atom is 0.273 e. The van der Waals surface area contributed by atoms with Gasteiger partial charge in [-0.3, -0.25) is 0 Å². The van der Waals surface area contributed by atoms with Crippen molar-refractivity contribution < 1.29 is 23.4 Å². The van der Waals surface area contributed by atoms with Gasteiger partial charge in [0.15, 0.2) is 12.1 Å². The fourth-order valence-corrected chi connectivity index (χ4v) is 3.09. The van der Waals surface area contributed by atoms with Crippen LogP contribution in [0.4, 0.5) is 8.78 Å². The predicted molar refractivity (Wildman–Crippen MR) is 94.1 cm³/mol. The van der Waals surface area contributed by atoms with E-state index >= 15 is 0 Å². The van der Waals surface area contributed by atoms with Crippen molar-refractivity contribution in [3.63, 3.8) is 0 Å². The number of aliphatic hydroxyl groups excluding tert-OH is 1. The van der Waals surface area contributed by atoms with E-state index in [9.17, 15) is 13.9 Å². The van der Waals surface area contributed by atoms with Crippen LogP contribution >= 0.6 is 0 Å². The smallest absolute Gasteiger partial charge is 0.273 e. The van der Waals surface area contributed by atoms with Crippen molar-refractivity contribution in [2.45, 2.75) is 57.0 Å².